The van der Waals surface area contributed by atoms with Gasteiger partial charge in [-0.3, -0.25) is 0 Å². The summed E-state index contributed by atoms with van der Waals surface area (Å²) in [6.45, 7) is 4.93. The number of benzene rings is 1. The van der Waals surface area contributed by atoms with E-state index in [1.165, 1.54) is 12.8 Å². The Bertz CT molecular complexity index is 811. The van der Waals surface area contributed by atoms with Crippen molar-refractivity contribution in [1.82, 2.24) is 20.1 Å². The zero-order valence-electron chi connectivity index (χ0n) is 17.2. The Labute approximate surface area is 166 Å². The second-order valence-corrected chi connectivity index (χ2v) is 6.94. The predicted molar refractivity (Wildman–Crippen MR) is 110 cm³/mol. The average molecular weight is 387 g/mol. The summed E-state index contributed by atoms with van der Waals surface area (Å²) in [6.07, 6.45) is 4.83. The molecule has 1 heterocycles. The molecule has 1 fully saturated rings. The number of anilines is 1. The number of aliphatic imine (C=N–C) groups is 1. The van der Waals surface area contributed by atoms with Crippen LogP contribution in [-0.4, -0.2) is 40.5 Å². The Balaban J connectivity index is 1.78. The van der Waals surface area contributed by atoms with Crippen molar-refractivity contribution in [2.75, 3.05) is 19.0 Å². The van der Waals surface area contributed by atoms with Crippen LogP contribution in [0.5, 0.6) is 11.5 Å². The topological polar surface area (TPSA) is 85.6 Å². The molecule has 8 nitrogen and oxygen atoms in total. The lowest BCUT2D eigenvalue weighted by atomic mass is 10.2. The van der Waals surface area contributed by atoms with E-state index in [4.69, 9.17) is 14.5 Å². The average Bonchev–Trinajstić information content (AvgIpc) is 3.32. The summed E-state index contributed by atoms with van der Waals surface area (Å²) in [5.41, 5.74) is 0.888. The first-order valence-electron chi connectivity index (χ1n) is 9.84. The maximum atomic E-state index is 5.60. The molecule has 1 aromatic carbocycles. The Morgan fingerprint density at radius 1 is 1.25 bits per heavy atom. The third kappa shape index (κ3) is 4.94. The van der Waals surface area contributed by atoms with Crippen LogP contribution in [0.25, 0.3) is 0 Å². The van der Waals surface area contributed by atoms with E-state index in [1.54, 1.807) is 7.11 Å². The van der Waals surface area contributed by atoms with Gasteiger partial charge in [-0.2, -0.15) is 0 Å². The molecule has 2 aromatic rings. The first-order chi connectivity index (χ1) is 13.6. The van der Waals surface area contributed by atoms with Gasteiger partial charge in [-0.05, 0) is 38.8 Å². The van der Waals surface area contributed by atoms with Crippen LogP contribution in [0.1, 0.15) is 44.3 Å². The molecule has 0 saturated heterocycles. The molecule has 0 bridgehead atoms. The molecule has 1 aliphatic carbocycles. The van der Waals surface area contributed by atoms with Crippen molar-refractivity contribution < 1.29 is 9.47 Å². The Hall–Kier alpha value is -2.77. The molecule has 1 saturated carbocycles. The first-order valence-corrected chi connectivity index (χ1v) is 9.84. The van der Waals surface area contributed by atoms with E-state index in [0.717, 1.165) is 41.9 Å². The van der Waals surface area contributed by atoms with Crippen LogP contribution in [0, 0.1) is 6.92 Å². The minimum absolute atomic E-state index is 0.442. The van der Waals surface area contributed by atoms with Gasteiger partial charge < -0.3 is 24.7 Å². The number of hydrogen-bond acceptors (Lipinski definition) is 5. The molecule has 0 aliphatic heterocycles. The Kier molecular flexibility index (Phi) is 6.73. The third-order valence-corrected chi connectivity index (χ3v) is 4.98. The minimum Gasteiger partial charge on any atom is -0.493 e. The van der Waals surface area contributed by atoms with Crippen molar-refractivity contribution in [3.8, 4) is 11.5 Å². The van der Waals surface area contributed by atoms with Crippen molar-refractivity contribution in [3.63, 3.8) is 0 Å². The van der Waals surface area contributed by atoms with Gasteiger partial charge in [-0.1, -0.05) is 12.8 Å². The smallest absolute Gasteiger partial charge is 0.196 e. The largest absolute Gasteiger partial charge is 0.493 e. The molecule has 0 amide bonds. The fourth-order valence-electron chi connectivity index (χ4n) is 3.28. The van der Waals surface area contributed by atoms with E-state index >= 15 is 0 Å². The molecule has 1 aliphatic rings. The third-order valence-electron chi connectivity index (χ3n) is 4.98. The Morgan fingerprint density at radius 3 is 2.68 bits per heavy atom. The molecular weight excluding hydrogens is 356 g/mol. The zero-order chi connectivity index (χ0) is 19.9. The lowest BCUT2D eigenvalue weighted by Crippen LogP contribution is -2.37. The van der Waals surface area contributed by atoms with E-state index < -0.39 is 0 Å². The summed E-state index contributed by atoms with van der Waals surface area (Å²) >= 11 is 0. The summed E-state index contributed by atoms with van der Waals surface area (Å²) in [5.74, 6) is 3.86. The molecule has 0 radical (unpaired) electrons. The van der Waals surface area contributed by atoms with Crippen LogP contribution in [0.2, 0.25) is 0 Å². The van der Waals surface area contributed by atoms with Gasteiger partial charge in [0.05, 0.1) is 13.7 Å². The molecule has 3 rings (SSSR count). The molecule has 8 heteroatoms. The number of aromatic nitrogens is 3. The van der Waals surface area contributed by atoms with E-state index in [9.17, 15) is 0 Å². The molecule has 0 spiro atoms. The summed E-state index contributed by atoms with van der Waals surface area (Å²) in [7, 11) is 3.60. The monoisotopic (exact) mass is 386 g/mol. The summed E-state index contributed by atoms with van der Waals surface area (Å²) in [5, 5.41) is 15.2. The first kappa shape index (κ1) is 20.0. The highest BCUT2D eigenvalue weighted by atomic mass is 16.5. The molecule has 0 atom stereocenters. The van der Waals surface area contributed by atoms with Crippen LogP contribution in [-0.2, 0) is 13.6 Å². The van der Waals surface area contributed by atoms with E-state index in [0.29, 0.717) is 24.9 Å². The summed E-state index contributed by atoms with van der Waals surface area (Å²) in [6, 6.07) is 6.23. The maximum Gasteiger partial charge on any atom is 0.196 e. The van der Waals surface area contributed by atoms with Crippen LogP contribution in [0.15, 0.2) is 23.2 Å². The quantitative estimate of drug-likeness (QED) is 0.562. The van der Waals surface area contributed by atoms with E-state index in [1.807, 2.05) is 43.7 Å². The van der Waals surface area contributed by atoms with E-state index in [2.05, 4.69) is 20.8 Å². The van der Waals surface area contributed by atoms with Gasteiger partial charge in [0.15, 0.2) is 23.3 Å². The van der Waals surface area contributed by atoms with Gasteiger partial charge in [0.25, 0.3) is 0 Å². The number of aryl methyl sites for hydroxylation is 1. The van der Waals surface area contributed by atoms with E-state index in [-0.39, 0.29) is 0 Å². The number of rotatable bonds is 7. The standard InChI is InChI=1S/C20H30N6O2/c1-5-28-17-11-10-16(12-18(17)27-4)23-20(22-15-8-6-7-9-15)21-13-19-25-24-14(2)26(19)3/h10-12,15H,5-9,13H2,1-4H3,(H2,21,22,23). The fraction of sp³-hybridized carbons (Fsp3) is 0.550. The van der Waals surface area contributed by atoms with Crippen molar-refractivity contribution in [3.05, 3.63) is 29.8 Å². The van der Waals surface area contributed by atoms with Gasteiger partial charge in [-0.25, -0.2) is 4.99 Å². The van der Waals surface area contributed by atoms with Crippen LogP contribution in [0.3, 0.4) is 0 Å². The summed E-state index contributed by atoms with van der Waals surface area (Å²) < 4.78 is 13.0. The van der Waals surface area contributed by atoms with Gasteiger partial charge in [0.1, 0.15) is 12.4 Å². The molecular formula is C20H30N6O2. The van der Waals surface area contributed by atoms with Gasteiger partial charge >= 0.3 is 0 Å². The van der Waals surface area contributed by atoms with Gasteiger partial charge in [0, 0.05) is 24.8 Å². The minimum atomic E-state index is 0.442. The molecule has 2 N–H and O–H groups in total. The molecule has 28 heavy (non-hydrogen) atoms. The SMILES string of the molecule is CCOc1ccc(NC(=NCc2nnc(C)n2C)NC2CCCC2)cc1OC. The molecule has 1 aromatic heterocycles. The zero-order valence-corrected chi connectivity index (χ0v) is 17.2. The number of hydrogen-bond donors (Lipinski definition) is 2. The van der Waals surface area contributed by atoms with Crippen LogP contribution >= 0.6 is 0 Å². The molecule has 152 valence electrons. The number of methoxy groups -OCH3 is 1. The van der Waals surface area contributed by atoms with Crippen molar-refractivity contribution >= 4 is 11.6 Å². The second kappa shape index (κ2) is 9.43. The second-order valence-electron chi connectivity index (χ2n) is 6.94. The molecule has 0 unspecified atom stereocenters. The predicted octanol–water partition coefficient (Wildman–Crippen LogP) is 3.03. The van der Waals surface area contributed by atoms with Crippen LogP contribution < -0.4 is 20.1 Å². The number of ether oxygens (including phenoxy) is 2. The maximum absolute atomic E-state index is 5.60. The normalized spacial score (nSPS) is 14.9. The highest BCUT2D eigenvalue weighted by molar-refractivity contribution is 5.94. The highest BCUT2D eigenvalue weighted by Gasteiger charge is 2.17. The lowest BCUT2D eigenvalue weighted by Gasteiger charge is -2.18. The van der Waals surface area contributed by atoms with Crippen LogP contribution in [0.4, 0.5) is 5.69 Å². The number of nitrogens with one attached hydrogen (secondary N) is 2. The lowest BCUT2D eigenvalue weighted by molar-refractivity contribution is 0.311. The van der Waals surface area contributed by atoms with Gasteiger partial charge in [-0.15, -0.1) is 10.2 Å². The number of nitrogens with zero attached hydrogens (tertiary/aromatic N) is 4. The van der Waals surface area contributed by atoms with Crippen molar-refractivity contribution in [2.45, 2.75) is 52.1 Å². The Morgan fingerprint density at radius 2 is 2.04 bits per heavy atom. The number of guanidine groups is 1. The highest BCUT2D eigenvalue weighted by Crippen LogP contribution is 2.30. The fourth-order valence-corrected chi connectivity index (χ4v) is 3.28. The van der Waals surface area contributed by atoms with Crippen molar-refractivity contribution in [1.29, 1.82) is 0 Å². The van der Waals surface area contributed by atoms with Crippen molar-refractivity contribution in [2.24, 2.45) is 12.0 Å². The summed E-state index contributed by atoms with van der Waals surface area (Å²) in [4.78, 5) is 4.74. The van der Waals surface area contributed by atoms with Gasteiger partial charge in [0.2, 0.25) is 0 Å².